The molecule has 1 aliphatic heterocycles. The molecule has 0 amide bonds. The van der Waals surface area contributed by atoms with Crippen LogP contribution in [0.1, 0.15) is 47.6 Å². The van der Waals surface area contributed by atoms with Crippen LogP contribution in [-0.4, -0.2) is 42.2 Å². The van der Waals surface area contributed by atoms with E-state index in [0.29, 0.717) is 13.1 Å². The third kappa shape index (κ3) is 5.54. The van der Waals surface area contributed by atoms with E-state index >= 15 is 0 Å². The van der Waals surface area contributed by atoms with Crippen LogP contribution >= 0.6 is 12.4 Å². The number of carboxylic acid groups (broad SMARTS) is 1. The first-order valence-corrected chi connectivity index (χ1v) is 11.4. The molecular weight excluding hydrogens is 422 g/mol. The molecule has 2 aromatic carbocycles. The van der Waals surface area contributed by atoms with Gasteiger partial charge in [-0.15, -0.1) is 12.4 Å². The molecule has 1 saturated heterocycles. The van der Waals surface area contributed by atoms with Crippen molar-refractivity contribution < 1.29 is 14.6 Å². The Kier molecular flexibility index (Phi) is 8.02. The zero-order valence-electron chi connectivity index (χ0n) is 19.3. The van der Waals surface area contributed by atoms with Gasteiger partial charge in [-0.2, -0.15) is 0 Å². The third-order valence-electron chi connectivity index (χ3n) is 6.79. The molecule has 0 atom stereocenters. The molecule has 1 N–H and O–H groups in total. The Morgan fingerprint density at radius 1 is 1.09 bits per heavy atom. The van der Waals surface area contributed by atoms with E-state index in [4.69, 9.17) is 9.84 Å². The van der Waals surface area contributed by atoms with Crippen LogP contribution in [0.15, 0.2) is 42.0 Å². The molecule has 0 aromatic heterocycles. The number of hydrogen-bond acceptors (Lipinski definition) is 3. The number of hydrogen-bond donors (Lipinski definition) is 1. The van der Waals surface area contributed by atoms with E-state index in [1.807, 2.05) is 0 Å². The minimum atomic E-state index is -0.669. The Balaban J connectivity index is 0.00000289. The second-order valence-corrected chi connectivity index (χ2v) is 9.16. The molecule has 32 heavy (non-hydrogen) atoms. The van der Waals surface area contributed by atoms with Crippen molar-refractivity contribution in [2.75, 3.05) is 26.2 Å². The Labute approximate surface area is 197 Å². The van der Waals surface area contributed by atoms with Gasteiger partial charge in [-0.05, 0) is 86.4 Å². The summed E-state index contributed by atoms with van der Waals surface area (Å²) in [5, 5.41) is 9.07. The third-order valence-corrected chi connectivity index (χ3v) is 6.79. The number of ether oxygens (including phenoxy) is 1. The number of rotatable bonds is 8. The maximum Gasteiger partial charge on any atom is 0.309 e. The molecule has 4 nitrogen and oxygen atoms in total. The number of halogens is 1. The van der Waals surface area contributed by atoms with Crippen LogP contribution in [0.3, 0.4) is 0 Å². The van der Waals surface area contributed by atoms with Gasteiger partial charge in [0.25, 0.3) is 0 Å². The number of carbonyl (C=O) groups is 1. The van der Waals surface area contributed by atoms with Crippen LogP contribution in [0.5, 0.6) is 5.75 Å². The Bertz CT molecular complexity index is 1010. The maximum atomic E-state index is 11.0. The van der Waals surface area contributed by atoms with E-state index < -0.39 is 5.97 Å². The summed E-state index contributed by atoms with van der Waals surface area (Å²) in [6.07, 6.45) is 4.12. The fourth-order valence-corrected chi connectivity index (χ4v) is 4.80. The van der Waals surface area contributed by atoms with Crippen molar-refractivity contribution in [2.45, 2.75) is 46.5 Å². The Morgan fingerprint density at radius 3 is 2.59 bits per heavy atom. The lowest BCUT2D eigenvalue weighted by atomic mass is 9.85. The lowest BCUT2D eigenvalue weighted by Crippen LogP contribution is -2.50. The van der Waals surface area contributed by atoms with Gasteiger partial charge in [0, 0.05) is 19.6 Å². The molecular formula is C27H34ClNO3. The van der Waals surface area contributed by atoms with Gasteiger partial charge >= 0.3 is 5.97 Å². The van der Waals surface area contributed by atoms with Crippen LogP contribution in [0.2, 0.25) is 0 Å². The first-order chi connectivity index (χ1) is 14.9. The molecule has 1 aliphatic carbocycles. The SMILES string of the molecule is CC1=C(CN2CC(C(=O)O)C2)CCc2cc(OCCCc3ccc(C)cc3C)ccc21.Cl. The molecule has 1 heterocycles. The summed E-state index contributed by atoms with van der Waals surface area (Å²) in [5.41, 5.74) is 9.56. The summed E-state index contributed by atoms with van der Waals surface area (Å²) in [6, 6.07) is 13.2. The summed E-state index contributed by atoms with van der Waals surface area (Å²) in [6.45, 7) is 9.49. The van der Waals surface area contributed by atoms with Crippen molar-refractivity contribution >= 4 is 23.9 Å². The van der Waals surface area contributed by atoms with Gasteiger partial charge in [0.2, 0.25) is 0 Å². The maximum absolute atomic E-state index is 11.0. The number of nitrogens with zero attached hydrogens (tertiary/aromatic N) is 1. The lowest BCUT2D eigenvalue weighted by Gasteiger charge is -2.38. The Morgan fingerprint density at radius 2 is 1.88 bits per heavy atom. The minimum absolute atomic E-state index is 0. The molecule has 4 rings (SSSR count). The number of aryl methyl sites for hydroxylation is 4. The van der Waals surface area contributed by atoms with Crippen LogP contribution in [-0.2, 0) is 17.6 Å². The molecule has 5 heteroatoms. The molecule has 1 fully saturated rings. The van der Waals surface area contributed by atoms with E-state index in [1.165, 1.54) is 39.0 Å². The van der Waals surface area contributed by atoms with Crippen molar-refractivity contribution in [1.82, 2.24) is 4.90 Å². The van der Waals surface area contributed by atoms with Crippen molar-refractivity contribution in [2.24, 2.45) is 5.92 Å². The topological polar surface area (TPSA) is 49.8 Å². The molecule has 172 valence electrons. The van der Waals surface area contributed by atoms with Crippen molar-refractivity contribution in [1.29, 1.82) is 0 Å². The summed E-state index contributed by atoms with van der Waals surface area (Å²) in [5.74, 6) is 0.103. The van der Waals surface area contributed by atoms with Gasteiger partial charge in [0.15, 0.2) is 0 Å². The van der Waals surface area contributed by atoms with Crippen LogP contribution in [0.25, 0.3) is 5.57 Å². The Hall–Kier alpha value is -2.30. The second-order valence-electron chi connectivity index (χ2n) is 9.16. The zero-order chi connectivity index (χ0) is 22.0. The highest BCUT2D eigenvalue weighted by atomic mass is 35.5. The number of fused-ring (bicyclic) bond motifs is 1. The molecule has 0 radical (unpaired) electrons. The quantitative estimate of drug-likeness (QED) is 0.536. The van der Waals surface area contributed by atoms with Gasteiger partial charge in [-0.25, -0.2) is 0 Å². The standard InChI is InChI=1S/C27H33NO3.ClH/c1-18-6-7-21(19(2)13-18)5-4-12-31-25-10-11-26-20(3)23(9-8-22(26)14-25)15-28-16-24(17-28)27(29)30;/h6-7,10-11,13-14,24H,4-5,8-9,12,15-17H2,1-3H3,(H,29,30);1H. The van der Waals surface area contributed by atoms with E-state index in [9.17, 15) is 4.79 Å². The van der Waals surface area contributed by atoms with Crippen molar-refractivity contribution in [3.63, 3.8) is 0 Å². The van der Waals surface area contributed by atoms with Crippen LogP contribution in [0, 0.1) is 19.8 Å². The fraction of sp³-hybridized carbons (Fsp3) is 0.444. The number of benzene rings is 2. The number of aliphatic carboxylic acids is 1. The van der Waals surface area contributed by atoms with Gasteiger partial charge in [-0.3, -0.25) is 9.69 Å². The fourth-order valence-electron chi connectivity index (χ4n) is 4.80. The highest BCUT2D eigenvalue weighted by Gasteiger charge is 2.33. The average molecular weight is 456 g/mol. The van der Waals surface area contributed by atoms with E-state index in [0.717, 1.165) is 44.6 Å². The van der Waals surface area contributed by atoms with Gasteiger partial charge < -0.3 is 9.84 Å². The molecule has 2 aliphatic rings. The molecule has 0 spiro atoms. The van der Waals surface area contributed by atoms with Crippen LogP contribution in [0.4, 0.5) is 0 Å². The summed E-state index contributed by atoms with van der Waals surface area (Å²) < 4.78 is 6.06. The van der Waals surface area contributed by atoms with E-state index in [-0.39, 0.29) is 18.3 Å². The molecule has 0 unspecified atom stereocenters. The minimum Gasteiger partial charge on any atom is -0.494 e. The first-order valence-electron chi connectivity index (χ1n) is 11.4. The van der Waals surface area contributed by atoms with Crippen LogP contribution < -0.4 is 4.74 Å². The van der Waals surface area contributed by atoms with Crippen molar-refractivity contribution in [3.8, 4) is 5.75 Å². The highest BCUT2D eigenvalue weighted by Crippen LogP contribution is 2.34. The van der Waals surface area contributed by atoms with Gasteiger partial charge in [0.05, 0.1) is 12.5 Å². The van der Waals surface area contributed by atoms with Crippen molar-refractivity contribution in [3.05, 3.63) is 69.8 Å². The average Bonchev–Trinajstić information content (AvgIpc) is 2.70. The van der Waals surface area contributed by atoms with E-state index in [2.05, 4.69) is 62.1 Å². The predicted octanol–water partition coefficient (Wildman–Crippen LogP) is 5.47. The largest absolute Gasteiger partial charge is 0.494 e. The summed E-state index contributed by atoms with van der Waals surface area (Å²) in [4.78, 5) is 13.3. The summed E-state index contributed by atoms with van der Waals surface area (Å²) in [7, 11) is 0. The zero-order valence-corrected chi connectivity index (χ0v) is 20.1. The normalized spacial score (nSPS) is 16.2. The number of carboxylic acids is 1. The first kappa shape index (κ1) is 24.3. The lowest BCUT2D eigenvalue weighted by molar-refractivity contribution is -0.147. The molecule has 2 aromatic rings. The second kappa shape index (κ2) is 10.5. The monoisotopic (exact) mass is 455 g/mol. The highest BCUT2D eigenvalue weighted by molar-refractivity contribution is 5.85. The van der Waals surface area contributed by atoms with Gasteiger partial charge in [-0.1, -0.05) is 35.4 Å². The van der Waals surface area contributed by atoms with E-state index in [1.54, 1.807) is 0 Å². The van der Waals surface area contributed by atoms with Gasteiger partial charge in [0.1, 0.15) is 5.75 Å². The predicted molar refractivity (Wildman–Crippen MR) is 132 cm³/mol. The summed E-state index contributed by atoms with van der Waals surface area (Å²) >= 11 is 0. The smallest absolute Gasteiger partial charge is 0.309 e. The number of allylic oxidation sites excluding steroid dienone is 1. The molecule has 0 bridgehead atoms. The molecule has 0 saturated carbocycles. The number of likely N-dealkylation sites (tertiary alicyclic amines) is 1.